The molecule has 11 heavy (non-hydrogen) atoms. The quantitative estimate of drug-likeness (QED) is 0.645. The largest absolute Gasteiger partial charge is 0.192 e. The van der Waals surface area contributed by atoms with Crippen molar-refractivity contribution in [2.45, 2.75) is 13.8 Å². The molecule has 0 spiro atoms. The Morgan fingerprint density at radius 2 is 1.82 bits per heavy atom. The van der Waals surface area contributed by atoms with Crippen molar-refractivity contribution in [2.24, 2.45) is 0 Å². The molecule has 0 aliphatic rings. The van der Waals surface area contributed by atoms with Crippen LogP contribution in [0.25, 0.3) is 0 Å². The van der Waals surface area contributed by atoms with Crippen LogP contribution in [0.4, 0.5) is 0 Å². The maximum Gasteiger partial charge on any atom is 0.100 e. The Labute approximate surface area is 74.8 Å². The van der Waals surface area contributed by atoms with Crippen LogP contribution in [-0.2, 0) is 0 Å². The van der Waals surface area contributed by atoms with E-state index in [1.54, 1.807) is 0 Å². The Kier molecular flexibility index (Phi) is 2.31. The number of rotatable bonds is 0. The van der Waals surface area contributed by atoms with E-state index in [-0.39, 0.29) is 0 Å². The van der Waals surface area contributed by atoms with Crippen LogP contribution in [0.5, 0.6) is 0 Å². The van der Waals surface area contributed by atoms with Crippen LogP contribution in [0.2, 0.25) is 0 Å². The normalized spacial score (nSPS) is 9.27. The van der Waals surface area contributed by atoms with Crippen molar-refractivity contribution in [1.29, 1.82) is 5.26 Å². The molecule has 56 valence electrons. The number of hydrogen-bond donors (Lipinski definition) is 0. The summed E-state index contributed by atoms with van der Waals surface area (Å²) in [6.07, 6.45) is 0. The highest BCUT2D eigenvalue weighted by Gasteiger charge is 2.00. The van der Waals surface area contributed by atoms with Crippen LogP contribution in [0.3, 0.4) is 0 Å². The van der Waals surface area contributed by atoms with E-state index in [9.17, 15) is 0 Å². The summed E-state index contributed by atoms with van der Waals surface area (Å²) in [6, 6.07) is 5.97. The minimum absolute atomic E-state index is 0.702. The molecule has 0 aliphatic heterocycles. The molecule has 0 fully saturated rings. The van der Waals surface area contributed by atoms with Crippen LogP contribution >= 0.6 is 15.9 Å². The predicted octanol–water partition coefficient (Wildman–Crippen LogP) is 2.94. The first kappa shape index (κ1) is 8.29. The van der Waals surface area contributed by atoms with E-state index in [0.29, 0.717) is 5.56 Å². The highest BCUT2D eigenvalue weighted by molar-refractivity contribution is 9.10. The van der Waals surface area contributed by atoms with Crippen LogP contribution < -0.4 is 0 Å². The molecule has 1 aromatic carbocycles. The van der Waals surface area contributed by atoms with Gasteiger partial charge in [-0.25, -0.2) is 0 Å². The first-order valence-electron chi connectivity index (χ1n) is 3.32. The van der Waals surface area contributed by atoms with E-state index in [1.807, 2.05) is 26.0 Å². The molecule has 0 bridgehead atoms. The van der Waals surface area contributed by atoms with Crippen molar-refractivity contribution in [3.63, 3.8) is 0 Å². The molecule has 0 saturated carbocycles. The van der Waals surface area contributed by atoms with Crippen molar-refractivity contribution >= 4 is 15.9 Å². The van der Waals surface area contributed by atoms with Gasteiger partial charge in [0.15, 0.2) is 0 Å². The molecule has 1 rings (SSSR count). The van der Waals surface area contributed by atoms with Gasteiger partial charge in [-0.15, -0.1) is 0 Å². The molecule has 1 nitrogen and oxygen atoms in total. The van der Waals surface area contributed by atoms with Crippen LogP contribution in [-0.4, -0.2) is 0 Å². The second kappa shape index (κ2) is 3.06. The van der Waals surface area contributed by atoms with Gasteiger partial charge in [-0.3, -0.25) is 0 Å². The fourth-order valence-electron chi connectivity index (χ4n) is 0.867. The molecule has 0 amide bonds. The zero-order valence-electron chi connectivity index (χ0n) is 6.48. The molecular formula is C9H8BrN. The number of nitriles is 1. The molecule has 0 aromatic heterocycles. The SMILES string of the molecule is Cc1cc(Br)c(C#N)cc1C. The van der Waals surface area contributed by atoms with E-state index >= 15 is 0 Å². The summed E-state index contributed by atoms with van der Waals surface area (Å²) in [5, 5.41) is 8.65. The molecule has 0 aliphatic carbocycles. The topological polar surface area (TPSA) is 23.8 Å². The zero-order chi connectivity index (χ0) is 8.43. The van der Waals surface area contributed by atoms with Crippen LogP contribution in [0.1, 0.15) is 16.7 Å². The lowest BCUT2D eigenvalue weighted by molar-refractivity contribution is 1.31. The van der Waals surface area contributed by atoms with Crippen molar-refractivity contribution in [1.82, 2.24) is 0 Å². The lowest BCUT2D eigenvalue weighted by Crippen LogP contribution is -1.84. The van der Waals surface area contributed by atoms with Gasteiger partial charge in [0.25, 0.3) is 0 Å². The van der Waals surface area contributed by atoms with Gasteiger partial charge in [0.1, 0.15) is 6.07 Å². The first-order chi connectivity index (χ1) is 5.15. The molecule has 0 heterocycles. The van der Waals surface area contributed by atoms with Crippen LogP contribution in [0, 0.1) is 25.2 Å². The number of hydrogen-bond acceptors (Lipinski definition) is 1. The van der Waals surface area contributed by atoms with Gasteiger partial charge in [-0.1, -0.05) is 0 Å². The zero-order valence-corrected chi connectivity index (χ0v) is 8.07. The van der Waals surface area contributed by atoms with E-state index in [4.69, 9.17) is 5.26 Å². The number of halogens is 1. The Balaban J connectivity index is 3.35. The van der Waals surface area contributed by atoms with E-state index in [0.717, 1.165) is 10.0 Å². The second-order valence-electron chi connectivity index (χ2n) is 2.53. The Hall–Kier alpha value is -0.810. The molecule has 0 saturated heterocycles. The summed E-state index contributed by atoms with van der Waals surface area (Å²) < 4.78 is 0.878. The highest BCUT2D eigenvalue weighted by atomic mass is 79.9. The van der Waals surface area contributed by atoms with E-state index in [1.165, 1.54) is 5.56 Å². The number of benzene rings is 1. The third-order valence-electron chi connectivity index (χ3n) is 1.70. The average Bonchev–Trinajstić information content (AvgIpc) is 1.97. The van der Waals surface area contributed by atoms with Crippen molar-refractivity contribution in [2.75, 3.05) is 0 Å². The Bertz CT molecular complexity index is 323. The molecule has 0 atom stereocenters. The van der Waals surface area contributed by atoms with Crippen LogP contribution in [0.15, 0.2) is 16.6 Å². The van der Waals surface area contributed by atoms with Gasteiger partial charge < -0.3 is 0 Å². The third-order valence-corrected chi connectivity index (χ3v) is 2.36. The minimum atomic E-state index is 0.702. The summed E-state index contributed by atoms with van der Waals surface area (Å²) in [4.78, 5) is 0. The van der Waals surface area contributed by atoms with Gasteiger partial charge in [-0.2, -0.15) is 5.26 Å². The smallest absolute Gasteiger partial charge is 0.100 e. The Morgan fingerprint density at radius 1 is 1.27 bits per heavy atom. The summed E-state index contributed by atoms with van der Waals surface area (Å²) in [7, 11) is 0. The Morgan fingerprint density at radius 3 is 2.36 bits per heavy atom. The van der Waals surface area contributed by atoms with Crippen molar-refractivity contribution < 1.29 is 0 Å². The maximum absolute atomic E-state index is 8.65. The molecular weight excluding hydrogens is 202 g/mol. The maximum atomic E-state index is 8.65. The summed E-state index contributed by atoms with van der Waals surface area (Å²) in [5.74, 6) is 0. The fraction of sp³-hybridized carbons (Fsp3) is 0.222. The molecule has 0 unspecified atom stereocenters. The molecule has 0 radical (unpaired) electrons. The standard InChI is InChI=1S/C9H8BrN/c1-6-3-8(5-11)9(10)4-7(6)2/h3-4H,1-2H3. The predicted molar refractivity (Wildman–Crippen MR) is 48.3 cm³/mol. The fourth-order valence-corrected chi connectivity index (χ4v) is 1.41. The first-order valence-corrected chi connectivity index (χ1v) is 4.11. The van der Waals surface area contributed by atoms with Gasteiger partial charge in [0.05, 0.1) is 5.56 Å². The summed E-state index contributed by atoms with van der Waals surface area (Å²) in [6.45, 7) is 4.03. The van der Waals surface area contributed by atoms with Gasteiger partial charge in [0.2, 0.25) is 0 Å². The van der Waals surface area contributed by atoms with Crippen molar-refractivity contribution in [3.05, 3.63) is 33.3 Å². The number of aryl methyl sites for hydroxylation is 2. The summed E-state index contributed by atoms with van der Waals surface area (Å²) in [5.41, 5.74) is 3.06. The van der Waals surface area contributed by atoms with E-state index < -0.39 is 0 Å². The second-order valence-corrected chi connectivity index (χ2v) is 3.38. The average molecular weight is 210 g/mol. The minimum Gasteiger partial charge on any atom is -0.192 e. The van der Waals surface area contributed by atoms with Crippen molar-refractivity contribution in [3.8, 4) is 6.07 Å². The highest BCUT2D eigenvalue weighted by Crippen LogP contribution is 2.20. The summed E-state index contributed by atoms with van der Waals surface area (Å²) >= 11 is 3.32. The van der Waals surface area contributed by atoms with Gasteiger partial charge in [0, 0.05) is 4.47 Å². The molecule has 0 N–H and O–H groups in total. The molecule has 1 aromatic rings. The van der Waals surface area contributed by atoms with Gasteiger partial charge in [-0.05, 0) is 53.0 Å². The lowest BCUT2D eigenvalue weighted by Gasteiger charge is -2.01. The third kappa shape index (κ3) is 1.61. The molecule has 2 heteroatoms. The van der Waals surface area contributed by atoms with Gasteiger partial charge >= 0.3 is 0 Å². The lowest BCUT2D eigenvalue weighted by atomic mass is 10.1. The number of nitrogens with zero attached hydrogens (tertiary/aromatic N) is 1. The monoisotopic (exact) mass is 209 g/mol. The van der Waals surface area contributed by atoms with E-state index in [2.05, 4.69) is 22.0 Å².